The minimum absolute atomic E-state index is 0.0154. The first kappa shape index (κ1) is 23.5. The van der Waals surface area contributed by atoms with Gasteiger partial charge in [-0.15, -0.1) is 0 Å². The third-order valence-electron chi connectivity index (χ3n) is 5.91. The lowest BCUT2D eigenvalue weighted by Gasteiger charge is -2.45. The Bertz CT molecular complexity index is 1160. The largest absolute Gasteiger partial charge is 0.489 e. The minimum Gasteiger partial charge on any atom is -0.489 e. The second-order valence-corrected chi connectivity index (χ2v) is 9.79. The summed E-state index contributed by atoms with van der Waals surface area (Å²) in [5.41, 5.74) is 1.53. The van der Waals surface area contributed by atoms with Crippen molar-refractivity contribution in [3.05, 3.63) is 53.8 Å². The topological polar surface area (TPSA) is 75.7 Å². The first-order valence-corrected chi connectivity index (χ1v) is 12.0. The van der Waals surface area contributed by atoms with Crippen LogP contribution in [0.2, 0.25) is 0 Å². The number of amides is 1. The average Bonchev–Trinajstić information content (AvgIpc) is 2.77. The summed E-state index contributed by atoms with van der Waals surface area (Å²) >= 11 is 0. The van der Waals surface area contributed by atoms with Crippen LogP contribution in [0.5, 0.6) is 5.75 Å². The van der Waals surface area contributed by atoms with E-state index in [0.29, 0.717) is 16.7 Å². The molecule has 0 aromatic heterocycles. The van der Waals surface area contributed by atoms with Gasteiger partial charge in [0.15, 0.2) is 11.6 Å². The molecule has 178 valence electrons. The van der Waals surface area contributed by atoms with E-state index in [2.05, 4.69) is 0 Å². The van der Waals surface area contributed by atoms with E-state index < -0.39 is 52.2 Å². The van der Waals surface area contributed by atoms with Crippen molar-refractivity contribution in [2.75, 3.05) is 19.2 Å². The second kappa shape index (κ2) is 8.94. The first-order valence-electron chi connectivity index (χ1n) is 10.4. The summed E-state index contributed by atoms with van der Waals surface area (Å²) in [4.78, 5) is 14.1. The Kier molecular flexibility index (Phi) is 6.37. The molecule has 11 heteroatoms. The number of alkyl halides is 3. The Labute approximate surface area is 188 Å². The number of nitrogens with zero attached hydrogens (tertiary/aromatic N) is 1. The van der Waals surface area contributed by atoms with Crippen LogP contribution in [-0.2, 0) is 21.2 Å². The van der Waals surface area contributed by atoms with Crippen molar-refractivity contribution < 1.29 is 35.5 Å². The van der Waals surface area contributed by atoms with Gasteiger partial charge in [0.25, 0.3) is 5.92 Å². The summed E-state index contributed by atoms with van der Waals surface area (Å²) in [5.74, 6) is -4.66. The normalized spacial score (nSPS) is 22.9. The molecule has 0 radical (unpaired) electrons. The number of hydrogen-bond donors (Lipinski definition) is 1. The van der Waals surface area contributed by atoms with Gasteiger partial charge in [-0.25, -0.2) is 30.7 Å². The van der Waals surface area contributed by atoms with Gasteiger partial charge >= 0.3 is 0 Å². The predicted molar refractivity (Wildman–Crippen MR) is 113 cm³/mol. The molecule has 4 rings (SSSR count). The van der Waals surface area contributed by atoms with Crippen LogP contribution in [0, 0.1) is 5.82 Å². The SMILES string of the molecule is O=C1CCOc2c(F)cccc2-c2cccc(c2)CC2C(NS(=O)(=O)CF)C(F)(F)CCN12. The highest BCUT2D eigenvalue weighted by Gasteiger charge is 2.52. The maximum Gasteiger partial charge on any atom is 0.267 e. The molecule has 0 aliphatic carbocycles. The van der Waals surface area contributed by atoms with Crippen LogP contribution in [0.4, 0.5) is 17.6 Å². The smallest absolute Gasteiger partial charge is 0.267 e. The van der Waals surface area contributed by atoms with Crippen LogP contribution in [-0.4, -0.2) is 56.4 Å². The van der Waals surface area contributed by atoms with E-state index in [1.165, 1.54) is 17.0 Å². The number of piperidine rings is 1. The maximum atomic E-state index is 14.9. The summed E-state index contributed by atoms with van der Waals surface area (Å²) < 4.78 is 88.2. The van der Waals surface area contributed by atoms with Gasteiger partial charge < -0.3 is 9.64 Å². The number of para-hydroxylation sites is 1. The minimum atomic E-state index is -4.62. The molecule has 2 heterocycles. The van der Waals surface area contributed by atoms with E-state index >= 15 is 0 Å². The Morgan fingerprint density at radius 2 is 1.94 bits per heavy atom. The van der Waals surface area contributed by atoms with Crippen LogP contribution in [0.25, 0.3) is 11.1 Å². The number of benzene rings is 2. The lowest BCUT2D eigenvalue weighted by Crippen LogP contribution is -2.66. The van der Waals surface area contributed by atoms with E-state index in [0.717, 1.165) is 0 Å². The Balaban J connectivity index is 1.81. The Morgan fingerprint density at radius 3 is 2.70 bits per heavy atom. The van der Waals surface area contributed by atoms with E-state index in [1.54, 1.807) is 35.1 Å². The molecule has 2 unspecified atom stereocenters. The van der Waals surface area contributed by atoms with Crippen molar-refractivity contribution in [2.45, 2.75) is 37.3 Å². The van der Waals surface area contributed by atoms with E-state index in [9.17, 15) is 30.8 Å². The molecule has 1 N–H and O–H groups in total. The van der Waals surface area contributed by atoms with Crippen LogP contribution in [0.3, 0.4) is 0 Å². The molecule has 1 saturated heterocycles. The predicted octanol–water partition coefficient (Wildman–Crippen LogP) is 3.27. The number of hydrogen-bond acceptors (Lipinski definition) is 4. The summed E-state index contributed by atoms with van der Waals surface area (Å²) in [5, 5.41) is 0. The van der Waals surface area contributed by atoms with Crippen LogP contribution < -0.4 is 9.46 Å². The molecule has 0 saturated carbocycles. The van der Waals surface area contributed by atoms with Gasteiger partial charge in [0, 0.05) is 18.5 Å². The zero-order valence-electron chi connectivity index (χ0n) is 17.4. The van der Waals surface area contributed by atoms with Gasteiger partial charge in [-0.2, -0.15) is 0 Å². The number of sulfonamides is 1. The number of rotatable bonds is 3. The van der Waals surface area contributed by atoms with Crippen LogP contribution in [0.15, 0.2) is 42.5 Å². The van der Waals surface area contributed by atoms with Gasteiger partial charge in [-0.3, -0.25) is 4.79 Å². The fraction of sp³-hybridized carbons (Fsp3) is 0.409. The fourth-order valence-corrected chi connectivity index (χ4v) is 5.13. The molecule has 1 amide bonds. The summed E-state index contributed by atoms with van der Waals surface area (Å²) in [7, 11) is -4.62. The first-order chi connectivity index (χ1) is 15.6. The molecule has 6 nitrogen and oxygen atoms in total. The molecular formula is C22H22F4N2O4S. The summed E-state index contributed by atoms with van der Waals surface area (Å²) in [6.07, 6.45) is -1.13. The maximum absolute atomic E-state index is 14.9. The second-order valence-electron chi connectivity index (χ2n) is 8.10. The van der Waals surface area contributed by atoms with Crippen LogP contribution >= 0.6 is 0 Å². The van der Waals surface area contributed by atoms with E-state index in [-0.39, 0.29) is 31.7 Å². The highest BCUT2D eigenvalue weighted by Crippen LogP contribution is 2.37. The van der Waals surface area contributed by atoms with Crippen LogP contribution in [0.1, 0.15) is 18.4 Å². The number of carbonyl (C=O) groups excluding carboxylic acids is 1. The number of fused-ring (bicyclic) bond motifs is 5. The molecule has 33 heavy (non-hydrogen) atoms. The Morgan fingerprint density at radius 1 is 1.18 bits per heavy atom. The molecule has 2 aliphatic rings. The van der Waals surface area contributed by atoms with Gasteiger partial charge in [-0.05, 0) is 23.6 Å². The molecule has 2 aromatic rings. The average molecular weight is 486 g/mol. The third kappa shape index (κ3) is 4.84. The summed E-state index contributed by atoms with van der Waals surface area (Å²) in [6, 6.07) is 5.92. The molecule has 2 bridgehead atoms. The fourth-order valence-electron chi connectivity index (χ4n) is 4.35. The van der Waals surface area contributed by atoms with Crippen molar-refractivity contribution in [2.24, 2.45) is 0 Å². The summed E-state index contributed by atoms with van der Waals surface area (Å²) in [6.45, 7) is -0.512. The van der Waals surface area contributed by atoms with Gasteiger partial charge in [0.05, 0.1) is 19.1 Å². The Hall–Kier alpha value is -2.66. The van der Waals surface area contributed by atoms with Crippen molar-refractivity contribution in [3.63, 3.8) is 0 Å². The molecular weight excluding hydrogens is 464 g/mol. The molecule has 2 aromatic carbocycles. The lowest BCUT2D eigenvalue weighted by molar-refractivity contribution is -0.148. The highest BCUT2D eigenvalue weighted by molar-refractivity contribution is 7.89. The number of halogens is 4. The van der Waals surface area contributed by atoms with Gasteiger partial charge in [0.1, 0.15) is 6.04 Å². The molecule has 2 atom stereocenters. The van der Waals surface area contributed by atoms with Crippen molar-refractivity contribution in [1.29, 1.82) is 0 Å². The van der Waals surface area contributed by atoms with Gasteiger partial charge in [0.2, 0.25) is 21.9 Å². The van der Waals surface area contributed by atoms with E-state index in [4.69, 9.17) is 4.74 Å². The molecule has 1 fully saturated rings. The third-order valence-corrected chi connectivity index (χ3v) is 6.81. The zero-order chi connectivity index (χ0) is 23.8. The number of carbonyl (C=O) groups is 1. The van der Waals surface area contributed by atoms with E-state index in [1.807, 2.05) is 0 Å². The standard InChI is InChI=1S/C22H22F4N2O4S/c23-13-33(30,31)27-21-18-12-14-3-1-4-15(11-14)16-5-2-6-17(24)20(16)32-10-7-19(29)28(18)9-8-22(21,25)26/h1-6,11,18,21,27H,7-10,12-13H2. The molecule has 0 spiro atoms. The number of ether oxygens (including phenoxy) is 1. The monoisotopic (exact) mass is 486 g/mol. The highest BCUT2D eigenvalue weighted by atomic mass is 32.2. The van der Waals surface area contributed by atoms with Crippen molar-refractivity contribution in [3.8, 4) is 16.9 Å². The molecule has 2 aliphatic heterocycles. The van der Waals surface area contributed by atoms with Gasteiger partial charge in [-0.1, -0.05) is 36.4 Å². The van der Waals surface area contributed by atoms with Crippen molar-refractivity contribution >= 4 is 15.9 Å². The van der Waals surface area contributed by atoms with Crippen molar-refractivity contribution in [1.82, 2.24) is 9.62 Å². The quantitative estimate of drug-likeness (QED) is 0.676. The lowest BCUT2D eigenvalue weighted by atomic mass is 9.87. The zero-order valence-corrected chi connectivity index (χ0v) is 18.3. The number of nitrogens with one attached hydrogen (secondary N) is 1.